The highest BCUT2D eigenvalue weighted by Crippen LogP contribution is 2.27. The van der Waals surface area contributed by atoms with Gasteiger partial charge in [-0.2, -0.15) is 24.9 Å². The van der Waals surface area contributed by atoms with Gasteiger partial charge in [-0.1, -0.05) is 6.07 Å². The number of furan rings is 1. The van der Waals surface area contributed by atoms with Crippen molar-refractivity contribution in [3.8, 4) is 5.75 Å². The van der Waals surface area contributed by atoms with Gasteiger partial charge in [0, 0.05) is 11.3 Å². The van der Waals surface area contributed by atoms with E-state index in [9.17, 15) is 22.8 Å². The molecule has 0 bridgehead atoms. The van der Waals surface area contributed by atoms with Crippen molar-refractivity contribution in [2.45, 2.75) is 25.6 Å². The molecule has 6 nitrogen and oxygen atoms in total. The van der Waals surface area contributed by atoms with E-state index >= 15 is 0 Å². The molecular formula is C19H21F3N2O4S. The minimum Gasteiger partial charge on any atom is -0.484 e. The zero-order chi connectivity index (χ0) is 21.4. The first-order valence-corrected chi connectivity index (χ1v) is 10.0. The van der Waals surface area contributed by atoms with Gasteiger partial charge >= 0.3 is 6.18 Å². The van der Waals surface area contributed by atoms with Gasteiger partial charge in [-0.05, 0) is 49.6 Å². The number of carbonyl (C=O) groups is 2. The topological polar surface area (TPSA) is 80.6 Å². The molecule has 0 fully saturated rings. The highest BCUT2D eigenvalue weighted by Gasteiger charge is 2.29. The number of hydrogen-bond acceptors (Lipinski definition) is 5. The average molecular weight is 430 g/mol. The van der Waals surface area contributed by atoms with Crippen LogP contribution < -0.4 is 15.4 Å². The number of benzene rings is 1. The predicted molar refractivity (Wildman–Crippen MR) is 104 cm³/mol. The van der Waals surface area contributed by atoms with E-state index < -0.39 is 30.6 Å². The molecule has 0 saturated heterocycles. The summed E-state index contributed by atoms with van der Waals surface area (Å²) in [6, 6.07) is 6.60. The Morgan fingerprint density at radius 1 is 1.24 bits per heavy atom. The van der Waals surface area contributed by atoms with E-state index in [1.54, 1.807) is 19.1 Å². The molecule has 0 saturated carbocycles. The molecule has 10 heteroatoms. The van der Waals surface area contributed by atoms with Gasteiger partial charge in [0.1, 0.15) is 11.8 Å². The number of hydrogen-bond donors (Lipinski definition) is 2. The van der Waals surface area contributed by atoms with E-state index in [-0.39, 0.29) is 11.5 Å². The molecule has 1 aromatic heterocycles. The van der Waals surface area contributed by atoms with Crippen LogP contribution in [0.15, 0.2) is 41.0 Å². The Kier molecular flexibility index (Phi) is 8.00. The molecule has 0 aliphatic carbocycles. The van der Waals surface area contributed by atoms with Crippen LogP contribution >= 0.6 is 11.8 Å². The molecule has 1 unspecified atom stereocenters. The molecule has 2 N–H and O–H groups in total. The molecule has 1 aromatic carbocycles. The van der Waals surface area contributed by atoms with E-state index in [2.05, 4.69) is 10.6 Å². The van der Waals surface area contributed by atoms with Crippen molar-refractivity contribution in [2.24, 2.45) is 0 Å². The smallest absolute Gasteiger partial charge is 0.422 e. The van der Waals surface area contributed by atoms with E-state index in [0.29, 0.717) is 23.4 Å². The molecule has 0 spiro atoms. The lowest BCUT2D eigenvalue weighted by Gasteiger charge is -2.19. The molecule has 1 heterocycles. The summed E-state index contributed by atoms with van der Waals surface area (Å²) in [6.45, 7) is 0.112. The molecule has 2 amide bonds. The molecule has 158 valence electrons. The van der Waals surface area contributed by atoms with Gasteiger partial charge in [-0.15, -0.1) is 0 Å². The number of carbonyl (C=O) groups excluding carboxylic acids is 2. The van der Waals surface area contributed by atoms with Crippen LogP contribution in [0.1, 0.15) is 22.5 Å². The Morgan fingerprint density at radius 2 is 2.00 bits per heavy atom. The summed E-state index contributed by atoms with van der Waals surface area (Å²) in [4.78, 5) is 24.9. The van der Waals surface area contributed by atoms with Gasteiger partial charge < -0.3 is 19.8 Å². The first kappa shape index (κ1) is 22.7. The maximum absolute atomic E-state index is 12.7. The van der Waals surface area contributed by atoms with E-state index in [4.69, 9.17) is 9.15 Å². The maximum Gasteiger partial charge on any atom is 0.422 e. The Labute approximate surface area is 170 Å². The second kappa shape index (κ2) is 10.2. The van der Waals surface area contributed by atoms with Gasteiger partial charge in [0.25, 0.3) is 5.91 Å². The fourth-order valence-corrected chi connectivity index (χ4v) is 2.90. The normalized spacial score (nSPS) is 12.3. The summed E-state index contributed by atoms with van der Waals surface area (Å²) < 4.78 is 47.0. The number of amides is 2. The third-order valence-corrected chi connectivity index (χ3v) is 4.55. The lowest BCUT2D eigenvalue weighted by molar-refractivity contribution is -0.153. The second-order valence-electron chi connectivity index (χ2n) is 6.11. The minimum absolute atomic E-state index is 0.0143. The van der Waals surface area contributed by atoms with Gasteiger partial charge in [-0.3, -0.25) is 9.59 Å². The Hall–Kier alpha value is -2.62. The SMILES string of the molecule is CSCCC(NC(=O)c1ccco1)C(=O)Nc1cccc(OCC(F)(F)F)c1C. The van der Waals surface area contributed by atoms with Gasteiger partial charge in [-0.25, -0.2) is 0 Å². The number of alkyl halides is 3. The zero-order valence-electron chi connectivity index (χ0n) is 15.8. The van der Waals surface area contributed by atoms with Crippen LogP contribution in [-0.4, -0.2) is 42.6 Å². The monoisotopic (exact) mass is 430 g/mol. The fraction of sp³-hybridized carbons (Fsp3) is 0.368. The minimum atomic E-state index is -4.47. The first-order chi connectivity index (χ1) is 13.7. The van der Waals surface area contributed by atoms with Crippen LogP contribution in [0.2, 0.25) is 0 Å². The number of ether oxygens (including phenoxy) is 1. The summed E-state index contributed by atoms with van der Waals surface area (Å²) >= 11 is 1.51. The standard InChI is InChI=1S/C19H21F3N2O4S/c1-12-13(5-3-6-15(12)28-11-19(20,21)22)23-17(25)14(8-10-29-2)24-18(26)16-7-4-9-27-16/h3-7,9,14H,8,10-11H2,1-2H3,(H,23,25)(H,24,26). The van der Waals surface area contributed by atoms with Crippen molar-refractivity contribution in [2.75, 3.05) is 23.9 Å². The van der Waals surface area contributed by atoms with E-state index in [1.807, 2.05) is 6.26 Å². The molecule has 0 radical (unpaired) electrons. The quantitative estimate of drug-likeness (QED) is 0.628. The Balaban J connectivity index is 2.10. The van der Waals surface area contributed by atoms with Crippen molar-refractivity contribution in [1.82, 2.24) is 5.32 Å². The first-order valence-electron chi connectivity index (χ1n) is 8.64. The number of thioether (sulfide) groups is 1. The van der Waals surface area contributed by atoms with Gasteiger partial charge in [0.2, 0.25) is 5.91 Å². The summed E-state index contributed by atoms with van der Waals surface area (Å²) in [5.74, 6) is -0.319. The van der Waals surface area contributed by atoms with Crippen molar-refractivity contribution in [3.63, 3.8) is 0 Å². The molecule has 1 atom stereocenters. The van der Waals surface area contributed by atoms with Gasteiger partial charge in [0.15, 0.2) is 12.4 Å². The molecule has 2 rings (SSSR count). The van der Waals surface area contributed by atoms with E-state index in [1.165, 1.54) is 36.2 Å². The summed E-state index contributed by atoms with van der Waals surface area (Å²) in [5, 5.41) is 5.27. The largest absolute Gasteiger partial charge is 0.484 e. The highest BCUT2D eigenvalue weighted by molar-refractivity contribution is 7.98. The van der Waals surface area contributed by atoms with Crippen molar-refractivity contribution < 1.29 is 31.9 Å². The van der Waals surface area contributed by atoms with Crippen LogP contribution in [0.3, 0.4) is 0 Å². The zero-order valence-corrected chi connectivity index (χ0v) is 16.7. The van der Waals surface area contributed by atoms with Crippen LogP contribution in [0.25, 0.3) is 0 Å². The van der Waals surface area contributed by atoms with Crippen LogP contribution in [0.4, 0.5) is 18.9 Å². The van der Waals surface area contributed by atoms with Crippen LogP contribution in [0, 0.1) is 6.92 Å². The number of halogens is 3. The third-order valence-electron chi connectivity index (χ3n) is 3.91. The van der Waals surface area contributed by atoms with Crippen molar-refractivity contribution >= 4 is 29.3 Å². The molecule has 2 aromatic rings. The van der Waals surface area contributed by atoms with Crippen LogP contribution in [-0.2, 0) is 4.79 Å². The van der Waals surface area contributed by atoms with E-state index in [0.717, 1.165) is 0 Å². The second-order valence-corrected chi connectivity index (χ2v) is 7.09. The lowest BCUT2D eigenvalue weighted by Crippen LogP contribution is -2.44. The number of rotatable bonds is 9. The highest BCUT2D eigenvalue weighted by atomic mass is 32.2. The Bertz CT molecular complexity index is 825. The summed E-state index contributed by atoms with van der Waals surface area (Å²) in [6.07, 6.45) is -0.885. The molecule has 29 heavy (non-hydrogen) atoms. The maximum atomic E-state index is 12.7. The average Bonchev–Trinajstić information content (AvgIpc) is 3.19. The third kappa shape index (κ3) is 7.04. The van der Waals surface area contributed by atoms with Gasteiger partial charge in [0.05, 0.1) is 6.26 Å². The predicted octanol–water partition coefficient (Wildman–Crippen LogP) is 4.02. The molecular weight excluding hydrogens is 409 g/mol. The van der Waals surface area contributed by atoms with Crippen molar-refractivity contribution in [1.29, 1.82) is 0 Å². The number of anilines is 1. The molecule has 0 aliphatic rings. The Morgan fingerprint density at radius 3 is 2.62 bits per heavy atom. The number of nitrogens with one attached hydrogen (secondary N) is 2. The molecule has 0 aliphatic heterocycles. The van der Waals surface area contributed by atoms with Crippen molar-refractivity contribution in [3.05, 3.63) is 47.9 Å². The van der Waals surface area contributed by atoms with Crippen LogP contribution in [0.5, 0.6) is 5.75 Å². The fourth-order valence-electron chi connectivity index (χ4n) is 2.43. The lowest BCUT2D eigenvalue weighted by atomic mass is 10.1. The summed E-state index contributed by atoms with van der Waals surface area (Å²) in [7, 11) is 0. The summed E-state index contributed by atoms with van der Waals surface area (Å²) in [5.41, 5.74) is 0.655.